The fourth-order valence-corrected chi connectivity index (χ4v) is 2.50. The Kier molecular flexibility index (Phi) is 6.80. The molecule has 0 radical (unpaired) electrons. The van der Waals surface area contributed by atoms with Gasteiger partial charge in [0.25, 0.3) is 0 Å². The molecular formula is C15H26BrN3. The monoisotopic (exact) mass is 327 g/mol. The van der Waals surface area contributed by atoms with Crippen molar-refractivity contribution in [3.8, 4) is 0 Å². The number of aryl methyl sites for hydroxylation is 2. The Morgan fingerprint density at radius 1 is 1.47 bits per heavy atom. The minimum atomic E-state index is 0.721. The molecule has 1 aromatic heterocycles. The molecule has 0 fully saturated rings. The van der Waals surface area contributed by atoms with Crippen molar-refractivity contribution in [3.05, 3.63) is 27.5 Å². The van der Waals surface area contributed by atoms with E-state index < -0.39 is 0 Å². The van der Waals surface area contributed by atoms with Crippen LogP contribution in [0.4, 0.5) is 0 Å². The van der Waals surface area contributed by atoms with Gasteiger partial charge in [-0.3, -0.25) is 4.68 Å². The molecule has 0 saturated carbocycles. The van der Waals surface area contributed by atoms with Crippen LogP contribution in [0.25, 0.3) is 0 Å². The Bertz CT molecular complexity index is 433. The standard InChI is InChI=1S/C15H26BrN3/c1-11(2)10-17-8-6-7-12(3)9-14-15(16)13(4)18-19(14)5/h7,11,17H,6,8-10H2,1-5H3. The van der Waals surface area contributed by atoms with Crippen LogP contribution in [0.1, 0.15) is 38.6 Å². The lowest BCUT2D eigenvalue weighted by molar-refractivity contribution is 0.556. The first-order valence-corrected chi connectivity index (χ1v) is 7.75. The molecule has 108 valence electrons. The predicted octanol–water partition coefficient (Wildman–Crippen LogP) is 3.62. The third kappa shape index (κ3) is 5.49. The van der Waals surface area contributed by atoms with E-state index in [1.54, 1.807) is 0 Å². The topological polar surface area (TPSA) is 29.9 Å². The number of nitrogens with one attached hydrogen (secondary N) is 1. The summed E-state index contributed by atoms with van der Waals surface area (Å²) in [4.78, 5) is 0. The highest BCUT2D eigenvalue weighted by atomic mass is 79.9. The van der Waals surface area contributed by atoms with Crippen molar-refractivity contribution in [2.45, 2.75) is 40.5 Å². The number of allylic oxidation sites excluding steroid dienone is 1. The summed E-state index contributed by atoms with van der Waals surface area (Å²) in [5, 5.41) is 7.88. The van der Waals surface area contributed by atoms with Gasteiger partial charge in [0.1, 0.15) is 0 Å². The Morgan fingerprint density at radius 2 is 2.16 bits per heavy atom. The third-order valence-corrected chi connectivity index (χ3v) is 4.11. The minimum Gasteiger partial charge on any atom is -0.316 e. The lowest BCUT2D eigenvalue weighted by atomic mass is 10.1. The summed E-state index contributed by atoms with van der Waals surface area (Å²) in [6.07, 6.45) is 4.37. The summed E-state index contributed by atoms with van der Waals surface area (Å²) in [6, 6.07) is 0. The van der Waals surface area contributed by atoms with Gasteiger partial charge in [-0.1, -0.05) is 25.5 Å². The lowest BCUT2D eigenvalue weighted by Crippen LogP contribution is -2.20. The molecule has 1 heterocycles. The molecule has 4 heteroatoms. The van der Waals surface area contributed by atoms with Crippen molar-refractivity contribution >= 4 is 15.9 Å². The third-order valence-electron chi connectivity index (χ3n) is 3.07. The number of nitrogens with zero attached hydrogens (tertiary/aromatic N) is 2. The summed E-state index contributed by atoms with van der Waals surface area (Å²) in [5.41, 5.74) is 3.71. The number of hydrogen-bond acceptors (Lipinski definition) is 2. The second kappa shape index (κ2) is 7.85. The van der Waals surface area contributed by atoms with Gasteiger partial charge >= 0.3 is 0 Å². The summed E-state index contributed by atoms with van der Waals surface area (Å²) in [5.74, 6) is 0.721. The van der Waals surface area contributed by atoms with E-state index in [-0.39, 0.29) is 0 Å². The zero-order chi connectivity index (χ0) is 14.4. The van der Waals surface area contributed by atoms with E-state index in [1.165, 1.54) is 11.3 Å². The van der Waals surface area contributed by atoms with Crippen LogP contribution in [0.3, 0.4) is 0 Å². The number of hydrogen-bond donors (Lipinski definition) is 1. The Hall–Kier alpha value is -0.610. The maximum atomic E-state index is 4.42. The zero-order valence-corrected chi connectivity index (χ0v) is 14.3. The molecule has 1 N–H and O–H groups in total. The maximum Gasteiger partial charge on any atom is 0.0738 e. The first kappa shape index (κ1) is 16.4. The second-order valence-corrected chi connectivity index (χ2v) is 6.38. The molecule has 1 aromatic rings. The molecule has 19 heavy (non-hydrogen) atoms. The normalized spacial score (nSPS) is 12.5. The van der Waals surface area contributed by atoms with Gasteiger partial charge in [0, 0.05) is 13.5 Å². The van der Waals surface area contributed by atoms with Crippen molar-refractivity contribution in [2.75, 3.05) is 13.1 Å². The highest BCUT2D eigenvalue weighted by Gasteiger charge is 2.10. The Labute approximate surface area is 125 Å². The number of rotatable bonds is 7. The van der Waals surface area contributed by atoms with Crippen LogP contribution in [0.5, 0.6) is 0 Å². The molecule has 0 bridgehead atoms. The van der Waals surface area contributed by atoms with Crippen LogP contribution in [0.15, 0.2) is 16.1 Å². The van der Waals surface area contributed by atoms with Gasteiger partial charge < -0.3 is 5.32 Å². The van der Waals surface area contributed by atoms with Crippen LogP contribution in [-0.4, -0.2) is 22.9 Å². The Morgan fingerprint density at radius 3 is 2.68 bits per heavy atom. The van der Waals surface area contributed by atoms with Crippen molar-refractivity contribution < 1.29 is 0 Å². The van der Waals surface area contributed by atoms with E-state index in [2.05, 4.69) is 53.2 Å². The fraction of sp³-hybridized carbons (Fsp3) is 0.667. The molecule has 1 rings (SSSR count). The van der Waals surface area contributed by atoms with Gasteiger partial charge in [0.15, 0.2) is 0 Å². The van der Waals surface area contributed by atoms with Crippen LogP contribution < -0.4 is 5.32 Å². The van der Waals surface area contributed by atoms with Crippen LogP contribution in [0.2, 0.25) is 0 Å². The van der Waals surface area contributed by atoms with Crippen molar-refractivity contribution in [1.29, 1.82) is 0 Å². The average molecular weight is 328 g/mol. The molecule has 0 amide bonds. The molecule has 0 aromatic carbocycles. The lowest BCUT2D eigenvalue weighted by Gasteiger charge is -2.06. The SMILES string of the molecule is CC(=CCCNCC(C)C)Cc1c(Br)c(C)nn1C. The number of aromatic nitrogens is 2. The molecule has 0 aliphatic heterocycles. The molecule has 0 saturated heterocycles. The van der Waals surface area contributed by atoms with Crippen LogP contribution >= 0.6 is 15.9 Å². The zero-order valence-electron chi connectivity index (χ0n) is 12.8. The van der Waals surface area contributed by atoms with Crippen molar-refractivity contribution in [2.24, 2.45) is 13.0 Å². The fourth-order valence-electron chi connectivity index (χ4n) is 2.02. The minimum absolute atomic E-state index is 0.721. The Balaban J connectivity index is 2.43. The van der Waals surface area contributed by atoms with E-state index in [0.717, 1.165) is 42.0 Å². The van der Waals surface area contributed by atoms with Gasteiger partial charge in [0.2, 0.25) is 0 Å². The van der Waals surface area contributed by atoms with E-state index in [9.17, 15) is 0 Å². The maximum absolute atomic E-state index is 4.42. The van der Waals surface area contributed by atoms with Gasteiger partial charge in [0.05, 0.1) is 15.9 Å². The summed E-state index contributed by atoms with van der Waals surface area (Å²) in [6.45, 7) is 10.8. The average Bonchev–Trinajstić information content (AvgIpc) is 2.55. The van der Waals surface area contributed by atoms with Crippen LogP contribution in [0, 0.1) is 12.8 Å². The van der Waals surface area contributed by atoms with E-state index in [1.807, 2.05) is 18.7 Å². The number of halogens is 1. The first-order valence-electron chi connectivity index (χ1n) is 6.96. The van der Waals surface area contributed by atoms with E-state index >= 15 is 0 Å². The van der Waals surface area contributed by atoms with Crippen molar-refractivity contribution in [3.63, 3.8) is 0 Å². The summed E-state index contributed by atoms with van der Waals surface area (Å²) < 4.78 is 3.11. The molecule has 0 unspecified atom stereocenters. The van der Waals surface area contributed by atoms with Gasteiger partial charge in [-0.05, 0) is 55.2 Å². The largest absolute Gasteiger partial charge is 0.316 e. The molecule has 0 aliphatic carbocycles. The van der Waals surface area contributed by atoms with Crippen LogP contribution in [-0.2, 0) is 13.5 Å². The van der Waals surface area contributed by atoms with Gasteiger partial charge in [-0.25, -0.2) is 0 Å². The molecule has 3 nitrogen and oxygen atoms in total. The van der Waals surface area contributed by atoms with E-state index in [0.29, 0.717) is 0 Å². The highest BCUT2D eigenvalue weighted by Crippen LogP contribution is 2.22. The van der Waals surface area contributed by atoms with Crippen molar-refractivity contribution in [1.82, 2.24) is 15.1 Å². The first-order chi connectivity index (χ1) is 8.91. The summed E-state index contributed by atoms with van der Waals surface area (Å²) >= 11 is 3.62. The van der Waals surface area contributed by atoms with E-state index in [4.69, 9.17) is 0 Å². The molecular weight excluding hydrogens is 302 g/mol. The van der Waals surface area contributed by atoms with Gasteiger partial charge in [-0.2, -0.15) is 5.10 Å². The van der Waals surface area contributed by atoms with Gasteiger partial charge in [-0.15, -0.1) is 0 Å². The molecule has 0 spiro atoms. The highest BCUT2D eigenvalue weighted by molar-refractivity contribution is 9.10. The predicted molar refractivity (Wildman–Crippen MR) is 85.4 cm³/mol. The molecule has 0 aliphatic rings. The quantitative estimate of drug-likeness (QED) is 0.612. The molecule has 0 atom stereocenters. The second-order valence-electron chi connectivity index (χ2n) is 5.58. The summed E-state index contributed by atoms with van der Waals surface area (Å²) in [7, 11) is 2.00. The smallest absolute Gasteiger partial charge is 0.0738 e.